The maximum absolute atomic E-state index is 5.53. The number of anilines is 2. The Labute approximate surface area is 190 Å². The Morgan fingerprint density at radius 2 is 1.91 bits per heavy atom. The highest BCUT2D eigenvalue weighted by Crippen LogP contribution is 2.40. The van der Waals surface area contributed by atoms with Gasteiger partial charge in [0.2, 0.25) is 5.95 Å². The van der Waals surface area contributed by atoms with Gasteiger partial charge in [-0.05, 0) is 37.0 Å². The van der Waals surface area contributed by atoms with Crippen LogP contribution in [0.2, 0.25) is 0 Å². The van der Waals surface area contributed by atoms with Crippen molar-refractivity contribution in [1.82, 2.24) is 20.2 Å². The third kappa shape index (κ3) is 4.59. The first-order valence-corrected chi connectivity index (χ1v) is 11.8. The Morgan fingerprint density at radius 3 is 2.62 bits per heavy atom. The molecule has 0 radical (unpaired) electrons. The van der Waals surface area contributed by atoms with Gasteiger partial charge in [-0.3, -0.25) is 4.90 Å². The van der Waals surface area contributed by atoms with E-state index in [1.54, 1.807) is 0 Å². The molecule has 170 valence electrons. The van der Waals surface area contributed by atoms with E-state index in [9.17, 15) is 0 Å². The quantitative estimate of drug-likeness (QED) is 0.686. The minimum Gasteiger partial charge on any atom is -0.474 e. The molecule has 1 aromatic heterocycles. The summed E-state index contributed by atoms with van der Waals surface area (Å²) < 4.78 is 5.53. The predicted molar refractivity (Wildman–Crippen MR) is 127 cm³/mol. The fourth-order valence-corrected chi connectivity index (χ4v) is 4.68. The van der Waals surface area contributed by atoms with E-state index in [-0.39, 0.29) is 6.04 Å². The van der Waals surface area contributed by atoms with Gasteiger partial charge in [0, 0.05) is 45.5 Å². The van der Waals surface area contributed by atoms with Crippen LogP contribution in [0.25, 0.3) is 0 Å². The van der Waals surface area contributed by atoms with Crippen LogP contribution in [0, 0.1) is 5.92 Å². The van der Waals surface area contributed by atoms with Crippen molar-refractivity contribution in [3.05, 3.63) is 59.6 Å². The first kappa shape index (κ1) is 21.2. The van der Waals surface area contributed by atoms with Gasteiger partial charge in [-0.1, -0.05) is 37.1 Å². The molecule has 0 spiro atoms. The zero-order valence-corrected chi connectivity index (χ0v) is 19.2. The highest BCUT2D eigenvalue weighted by atomic mass is 16.5. The Morgan fingerprint density at radius 1 is 1.19 bits per heavy atom. The molecule has 7 heteroatoms. The lowest BCUT2D eigenvalue weighted by Gasteiger charge is -2.35. The van der Waals surface area contributed by atoms with Crippen molar-refractivity contribution in [3.8, 4) is 0 Å². The number of fused-ring (bicyclic) bond motifs is 1. The molecule has 1 saturated carbocycles. The standard InChI is InChI=1S/C25H34N6O/c1-17(28-25-27-15-22-16-32-18(2)30(3)24(22)29-25)20-6-8-21(9-7-20)23(14-19-4-5-19)31-12-10-26-11-13-31/h6-9,15,17,19,23,26H,2,4-5,10-14,16H2,1,3H3,(H,27,28,29)/t17-,23?/m0/s1. The second kappa shape index (κ2) is 9.08. The minimum atomic E-state index is 0.108. The molecular weight excluding hydrogens is 400 g/mol. The van der Waals surface area contributed by atoms with Gasteiger partial charge in [-0.2, -0.15) is 4.98 Å². The van der Waals surface area contributed by atoms with Gasteiger partial charge >= 0.3 is 0 Å². The minimum absolute atomic E-state index is 0.108. The number of hydrogen-bond acceptors (Lipinski definition) is 7. The van der Waals surface area contributed by atoms with Crippen LogP contribution in [0.5, 0.6) is 0 Å². The second-order valence-electron chi connectivity index (χ2n) is 9.30. The molecule has 3 aliphatic rings. The maximum Gasteiger partial charge on any atom is 0.225 e. The summed E-state index contributed by atoms with van der Waals surface area (Å²) in [6.45, 7) is 11.0. The van der Waals surface area contributed by atoms with E-state index in [0.29, 0.717) is 24.5 Å². The normalized spacial score (nSPS) is 20.9. The molecule has 2 aliphatic heterocycles. The van der Waals surface area contributed by atoms with Crippen LogP contribution in [0.3, 0.4) is 0 Å². The van der Waals surface area contributed by atoms with Crippen molar-refractivity contribution in [2.24, 2.45) is 5.92 Å². The number of piperazine rings is 1. The van der Waals surface area contributed by atoms with Crippen molar-refractivity contribution >= 4 is 11.8 Å². The van der Waals surface area contributed by atoms with E-state index < -0.39 is 0 Å². The van der Waals surface area contributed by atoms with Gasteiger partial charge < -0.3 is 20.3 Å². The molecule has 2 atom stereocenters. The first-order valence-electron chi connectivity index (χ1n) is 11.8. The second-order valence-corrected chi connectivity index (χ2v) is 9.30. The lowest BCUT2D eigenvalue weighted by atomic mass is 9.96. The van der Waals surface area contributed by atoms with Crippen molar-refractivity contribution in [3.63, 3.8) is 0 Å². The summed E-state index contributed by atoms with van der Waals surface area (Å²) in [5.74, 6) is 2.99. The number of aromatic nitrogens is 2. The number of benzene rings is 1. The van der Waals surface area contributed by atoms with Gasteiger partial charge in [-0.25, -0.2) is 4.98 Å². The Bertz CT molecular complexity index is 951. The fraction of sp³-hybridized carbons (Fsp3) is 0.520. The van der Waals surface area contributed by atoms with Crippen molar-refractivity contribution in [2.45, 2.75) is 44.9 Å². The number of nitrogens with zero attached hydrogens (tertiary/aromatic N) is 4. The van der Waals surface area contributed by atoms with Crippen molar-refractivity contribution in [2.75, 3.05) is 43.4 Å². The zero-order valence-electron chi connectivity index (χ0n) is 19.2. The van der Waals surface area contributed by atoms with E-state index in [4.69, 9.17) is 9.72 Å². The molecule has 0 amide bonds. The van der Waals surface area contributed by atoms with Gasteiger partial charge in [0.25, 0.3) is 0 Å². The van der Waals surface area contributed by atoms with Crippen molar-refractivity contribution < 1.29 is 4.74 Å². The average molecular weight is 435 g/mol. The summed E-state index contributed by atoms with van der Waals surface area (Å²) in [6.07, 6.45) is 5.92. The smallest absolute Gasteiger partial charge is 0.225 e. The fourth-order valence-electron chi connectivity index (χ4n) is 4.68. The van der Waals surface area contributed by atoms with Crippen LogP contribution in [0.4, 0.5) is 11.8 Å². The summed E-state index contributed by atoms with van der Waals surface area (Å²) in [5, 5.41) is 6.94. The van der Waals surface area contributed by atoms with Crippen LogP contribution in [-0.2, 0) is 11.3 Å². The summed E-state index contributed by atoms with van der Waals surface area (Å²) >= 11 is 0. The molecular formula is C25H34N6O. The molecule has 2 aromatic rings. The topological polar surface area (TPSA) is 65.5 Å². The Hall–Kier alpha value is -2.64. The van der Waals surface area contributed by atoms with Crippen LogP contribution in [-0.4, -0.2) is 48.1 Å². The van der Waals surface area contributed by atoms with Crippen LogP contribution in [0.15, 0.2) is 42.9 Å². The first-order chi connectivity index (χ1) is 15.6. The summed E-state index contributed by atoms with van der Waals surface area (Å²) in [4.78, 5) is 13.7. The molecule has 1 saturated heterocycles. The summed E-state index contributed by atoms with van der Waals surface area (Å²) in [7, 11) is 1.91. The number of nitrogens with one attached hydrogen (secondary N) is 2. The number of hydrogen-bond donors (Lipinski definition) is 2. The van der Waals surface area contributed by atoms with Gasteiger partial charge in [0.05, 0.1) is 11.6 Å². The molecule has 2 fully saturated rings. The van der Waals surface area contributed by atoms with Crippen LogP contribution in [0.1, 0.15) is 55.0 Å². The van der Waals surface area contributed by atoms with Crippen molar-refractivity contribution in [1.29, 1.82) is 0 Å². The van der Waals surface area contributed by atoms with E-state index in [1.165, 1.54) is 30.4 Å². The molecule has 5 rings (SSSR count). The van der Waals surface area contributed by atoms with E-state index in [1.807, 2.05) is 18.1 Å². The Kier molecular flexibility index (Phi) is 6.02. The highest BCUT2D eigenvalue weighted by Gasteiger charge is 2.30. The van der Waals surface area contributed by atoms with Crippen LogP contribution < -0.4 is 15.5 Å². The molecule has 1 aliphatic carbocycles. The van der Waals surface area contributed by atoms with E-state index in [0.717, 1.165) is 43.5 Å². The lowest BCUT2D eigenvalue weighted by molar-refractivity contribution is 0.160. The average Bonchev–Trinajstić information content (AvgIpc) is 3.65. The zero-order chi connectivity index (χ0) is 22.1. The number of ether oxygens (including phenoxy) is 1. The maximum atomic E-state index is 5.53. The molecule has 1 aromatic carbocycles. The van der Waals surface area contributed by atoms with Gasteiger partial charge in [0.1, 0.15) is 12.4 Å². The Balaban J connectivity index is 1.28. The molecule has 32 heavy (non-hydrogen) atoms. The van der Waals surface area contributed by atoms with Gasteiger partial charge in [-0.15, -0.1) is 0 Å². The predicted octanol–water partition coefficient (Wildman–Crippen LogP) is 3.83. The molecule has 7 nitrogen and oxygen atoms in total. The summed E-state index contributed by atoms with van der Waals surface area (Å²) in [6, 6.07) is 9.81. The van der Waals surface area contributed by atoms with Gasteiger partial charge in [0.15, 0.2) is 5.88 Å². The van der Waals surface area contributed by atoms with E-state index in [2.05, 4.69) is 58.3 Å². The third-order valence-electron chi connectivity index (χ3n) is 6.94. The number of rotatable bonds is 7. The monoisotopic (exact) mass is 434 g/mol. The molecule has 1 unspecified atom stereocenters. The largest absolute Gasteiger partial charge is 0.474 e. The summed E-state index contributed by atoms with van der Waals surface area (Å²) in [5.41, 5.74) is 3.65. The van der Waals surface area contributed by atoms with Crippen LogP contribution >= 0.6 is 0 Å². The molecule has 0 bridgehead atoms. The molecule has 3 heterocycles. The highest BCUT2D eigenvalue weighted by molar-refractivity contribution is 5.54. The van der Waals surface area contributed by atoms with E-state index >= 15 is 0 Å². The SMILES string of the molecule is C=C1OCc2cnc(N[C@@H](C)c3ccc(C(CC4CC4)N4CCNCC4)cc3)nc2N1C. The lowest BCUT2D eigenvalue weighted by Crippen LogP contribution is -2.45. The third-order valence-corrected chi connectivity index (χ3v) is 6.94. The molecule has 2 N–H and O–H groups in total.